The van der Waals surface area contributed by atoms with Crippen LogP contribution < -0.4 is 5.32 Å². The average molecular weight is 253 g/mol. The van der Waals surface area contributed by atoms with Crippen molar-refractivity contribution in [3.05, 3.63) is 58.6 Å². The Balaban J connectivity index is 2.25. The van der Waals surface area contributed by atoms with Crippen LogP contribution in [0.25, 0.3) is 0 Å². The maximum Gasteiger partial charge on any atom is 0.142 e. The minimum Gasteiger partial charge on any atom is -0.346 e. The van der Waals surface area contributed by atoms with Crippen molar-refractivity contribution >= 4 is 11.6 Å². The predicted octanol–water partition coefficient (Wildman–Crippen LogP) is 3.05. The SMILES string of the molecule is CNCc1cccn1Cc1cccc(F)c1Cl. The molecule has 1 aromatic heterocycles. The van der Waals surface area contributed by atoms with Crippen LogP contribution in [0.2, 0.25) is 5.02 Å². The summed E-state index contributed by atoms with van der Waals surface area (Å²) in [7, 11) is 1.90. The summed E-state index contributed by atoms with van der Waals surface area (Å²) in [6, 6.07) is 8.89. The zero-order chi connectivity index (χ0) is 12.3. The molecule has 1 N–H and O–H groups in total. The average Bonchev–Trinajstić information content (AvgIpc) is 2.73. The lowest BCUT2D eigenvalue weighted by molar-refractivity contribution is 0.622. The molecule has 90 valence electrons. The Labute approximate surface area is 105 Å². The molecule has 0 radical (unpaired) electrons. The first-order valence-electron chi connectivity index (χ1n) is 5.44. The number of rotatable bonds is 4. The van der Waals surface area contributed by atoms with E-state index >= 15 is 0 Å². The minimum absolute atomic E-state index is 0.205. The van der Waals surface area contributed by atoms with Crippen molar-refractivity contribution in [2.75, 3.05) is 7.05 Å². The Morgan fingerprint density at radius 3 is 2.88 bits per heavy atom. The van der Waals surface area contributed by atoms with Gasteiger partial charge in [-0.15, -0.1) is 0 Å². The molecule has 2 nitrogen and oxygen atoms in total. The maximum absolute atomic E-state index is 13.3. The first-order valence-corrected chi connectivity index (χ1v) is 5.81. The minimum atomic E-state index is -0.369. The van der Waals surface area contributed by atoms with E-state index in [0.29, 0.717) is 6.54 Å². The molecule has 17 heavy (non-hydrogen) atoms. The first-order chi connectivity index (χ1) is 8.22. The molecule has 0 atom stereocenters. The van der Waals surface area contributed by atoms with Gasteiger partial charge in [-0.05, 0) is 30.8 Å². The van der Waals surface area contributed by atoms with Crippen LogP contribution in [0.15, 0.2) is 36.5 Å². The largest absolute Gasteiger partial charge is 0.346 e. The molecule has 1 heterocycles. The third-order valence-electron chi connectivity index (χ3n) is 2.65. The van der Waals surface area contributed by atoms with Crippen LogP contribution >= 0.6 is 11.6 Å². The fraction of sp³-hybridized carbons (Fsp3) is 0.231. The van der Waals surface area contributed by atoms with Crippen LogP contribution in [-0.4, -0.2) is 11.6 Å². The molecule has 0 bridgehead atoms. The second-order valence-electron chi connectivity index (χ2n) is 3.87. The van der Waals surface area contributed by atoms with Gasteiger partial charge in [0.15, 0.2) is 0 Å². The quantitative estimate of drug-likeness (QED) is 0.885. The van der Waals surface area contributed by atoms with E-state index in [9.17, 15) is 4.39 Å². The summed E-state index contributed by atoms with van der Waals surface area (Å²) in [5.41, 5.74) is 1.94. The fourth-order valence-corrected chi connectivity index (χ4v) is 1.99. The van der Waals surface area contributed by atoms with E-state index in [1.54, 1.807) is 6.07 Å². The van der Waals surface area contributed by atoms with E-state index < -0.39 is 0 Å². The molecule has 2 aromatic rings. The van der Waals surface area contributed by atoms with E-state index in [-0.39, 0.29) is 10.8 Å². The zero-order valence-electron chi connectivity index (χ0n) is 9.58. The van der Waals surface area contributed by atoms with Crippen molar-refractivity contribution in [2.24, 2.45) is 0 Å². The standard InChI is InChI=1S/C13H14ClFN2/c1-16-8-11-5-3-7-17(11)9-10-4-2-6-12(15)13(10)14/h2-7,16H,8-9H2,1H3. The predicted molar refractivity (Wildman–Crippen MR) is 67.7 cm³/mol. The first kappa shape index (κ1) is 12.1. The lowest BCUT2D eigenvalue weighted by atomic mass is 10.2. The number of hydrogen-bond acceptors (Lipinski definition) is 1. The smallest absolute Gasteiger partial charge is 0.142 e. The molecular formula is C13H14ClFN2. The Bertz CT molecular complexity index is 508. The van der Waals surface area contributed by atoms with Crippen LogP contribution in [-0.2, 0) is 13.1 Å². The van der Waals surface area contributed by atoms with Gasteiger partial charge in [0, 0.05) is 25.0 Å². The van der Waals surface area contributed by atoms with E-state index in [2.05, 4.69) is 9.88 Å². The number of hydrogen-bond donors (Lipinski definition) is 1. The highest BCUT2D eigenvalue weighted by molar-refractivity contribution is 6.31. The highest BCUT2D eigenvalue weighted by Crippen LogP contribution is 2.21. The highest BCUT2D eigenvalue weighted by atomic mass is 35.5. The van der Waals surface area contributed by atoms with Gasteiger partial charge in [-0.3, -0.25) is 0 Å². The topological polar surface area (TPSA) is 17.0 Å². The summed E-state index contributed by atoms with van der Waals surface area (Å²) in [4.78, 5) is 0. The lowest BCUT2D eigenvalue weighted by Gasteiger charge is -2.10. The molecule has 0 spiro atoms. The lowest BCUT2D eigenvalue weighted by Crippen LogP contribution is -2.11. The van der Waals surface area contributed by atoms with Crippen molar-refractivity contribution in [3.8, 4) is 0 Å². The summed E-state index contributed by atoms with van der Waals surface area (Å²) in [5.74, 6) is -0.369. The van der Waals surface area contributed by atoms with Gasteiger partial charge < -0.3 is 9.88 Å². The number of aromatic nitrogens is 1. The van der Waals surface area contributed by atoms with Crippen molar-refractivity contribution < 1.29 is 4.39 Å². The molecule has 0 aliphatic carbocycles. The number of benzene rings is 1. The van der Waals surface area contributed by atoms with E-state index in [4.69, 9.17) is 11.6 Å². The zero-order valence-corrected chi connectivity index (χ0v) is 10.3. The van der Waals surface area contributed by atoms with Crippen molar-refractivity contribution in [2.45, 2.75) is 13.1 Å². The summed E-state index contributed by atoms with van der Waals surface area (Å²) in [6.45, 7) is 1.36. The Kier molecular flexibility index (Phi) is 3.82. The molecular weight excluding hydrogens is 239 g/mol. The van der Waals surface area contributed by atoms with Gasteiger partial charge in [0.1, 0.15) is 5.82 Å². The second kappa shape index (κ2) is 5.34. The molecule has 1 aromatic carbocycles. The normalized spacial score (nSPS) is 10.8. The summed E-state index contributed by atoms with van der Waals surface area (Å²) in [5, 5.41) is 3.30. The van der Waals surface area contributed by atoms with Crippen molar-refractivity contribution in [1.82, 2.24) is 9.88 Å². The number of nitrogens with one attached hydrogen (secondary N) is 1. The van der Waals surface area contributed by atoms with E-state index in [0.717, 1.165) is 17.8 Å². The number of nitrogens with zero attached hydrogens (tertiary/aromatic N) is 1. The molecule has 0 aliphatic rings. The Morgan fingerprint density at radius 2 is 2.12 bits per heavy atom. The van der Waals surface area contributed by atoms with Crippen molar-refractivity contribution in [1.29, 1.82) is 0 Å². The van der Waals surface area contributed by atoms with Gasteiger partial charge in [-0.1, -0.05) is 23.7 Å². The summed E-state index contributed by atoms with van der Waals surface area (Å²) >= 11 is 5.94. The maximum atomic E-state index is 13.3. The van der Waals surface area contributed by atoms with Crippen molar-refractivity contribution in [3.63, 3.8) is 0 Å². The monoisotopic (exact) mass is 252 g/mol. The molecule has 0 saturated carbocycles. The Morgan fingerprint density at radius 1 is 1.29 bits per heavy atom. The summed E-state index contributed by atoms with van der Waals surface area (Å²) in [6.07, 6.45) is 1.97. The molecule has 0 saturated heterocycles. The van der Waals surface area contributed by atoms with Gasteiger partial charge in [-0.2, -0.15) is 0 Å². The second-order valence-corrected chi connectivity index (χ2v) is 4.25. The van der Waals surface area contributed by atoms with Gasteiger partial charge in [-0.25, -0.2) is 4.39 Å². The van der Waals surface area contributed by atoms with Gasteiger partial charge in [0.05, 0.1) is 5.02 Å². The fourth-order valence-electron chi connectivity index (χ4n) is 1.80. The van der Waals surface area contributed by atoms with Gasteiger partial charge >= 0.3 is 0 Å². The molecule has 4 heteroatoms. The van der Waals surface area contributed by atoms with E-state index in [1.807, 2.05) is 31.4 Å². The third kappa shape index (κ3) is 2.68. The van der Waals surface area contributed by atoms with Crippen LogP contribution in [0.1, 0.15) is 11.3 Å². The van der Waals surface area contributed by atoms with Crippen LogP contribution in [0, 0.1) is 5.82 Å². The molecule has 2 rings (SSSR count). The van der Waals surface area contributed by atoms with Crippen LogP contribution in [0.5, 0.6) is 0 Å². The van der Waals surface area contributed by atoms with Gasteiger partial charge in [0.25, 0.3) is 0 Å². The van der Waals surface area contributed by atoms with Crippen LogP contribution in [0.4, 0.5) is 4.39 Å². The third-order valence-corrected chi connectivity index (χ3v) is 3.08. The van der Waals surface area contributed by atoms with E-state index in [1.165, 1.54) is 6.07 Å². The molecule has 0 fully saturated rings. The molecule has 0 amide bonds. The van der Waals surface area contributed by atoms with Crippen LogP contribution in [0.3, 0.4) is 0 Å². The van der Waals surface area contributed by atoms with Gasteiger partial charge in [0.2, 0.25) is 0 Å². The molecule has 0 unspecified atom stereocenters. The summed E-state index contributed by atoms with van der Waals surface area (Å²) < 4.78 is 15.4. The highest BCUT2D eigenvalue weighted by Gasteiger charge is 2.07. The molecule has 0 aliphatic heterocycles. The number of halogens is 2. The Hall–Kier alpha value is -1.32.